The first-order valence-corrected chi connectivity index (χ1v) is 13.5. The number of rotatable bonds is 5. The molecule has 2 aromatic heterocycles. The highest BCUT2D eigenvalue weighted by Gasteiger charge is 2.31. The van der Waals surface area contributed by atoms with Gasteiger partial charge in [0.1, 0.15) is 28.6 Å². The van der Waals surface area contributed by atoms with Crippen molar-refractivity contribution in [1.29, 1.82) is 0 Å². The SMILES string of the molecule is CNC(=O)c1c(-c2ccc(F)cc2)oc2cc(NC)c([C@@H]3CCCN(C(=O)c4oc5ccc(F)cc5c4C)C3)cc12. The molecule has 3 aromatic carbocycles. The van der Waals surface area contributed by atoms with E-state index in [0.29, 0.717) is 57.5 Å². The molecule has 1 fully saturated rings. The van der Waals surface area contributed by atoms with Crippen molar-refractivity contribution in [2.24, 2.45) is 0 Å². The molecule has 0 radical (unpaired) electrons. The van der Waals surface area contributed by atoms with E-state index in [4.69, 9.17) is 8.83 Å². The molecule has 210 valence electrons. The van der Waals surface area contributed by atoms with Crippen molar-refractivity contribution >= 4 is 39.4 Å². The van der Waals surface area contributed by atoms with Gasteiger partial charge in [-0.15, -0.1) is 0 Å². The van der Waals surface area contributed by atoms with E-state index in [2.05, 4.69) is 10.6 Å². The Bertz CT molecular complexity index is 1810. The first kappa shape index (κ1) is 26.6. The van der Waals surface area contributed by atoms with Crippen molar-refractivity contribution in [3.63, 3.8) is 0 Å². The van der Waals surface area contributed by atoms with Crippen LogP contribution >= 0.6 is 0 Å². The van der Waals surface area contributed by atoms with Crippen LogP contribution in [0.4, 0.5) is 14.5 Å². The predicted molar refractivity (Wildman–Crippen MR) is 153 cm³/mol. The number of hydrogen-bond acceptors (Lipinski definition) is 5. The molecule has 1 saturated heterocycles. The Labute approximate surface area is 235 Å². The van der Waals surface area contributed by atoms with Gasteiger partial charge in [0.15, 0.2) is 5.76 Å². The molecule has 2 amide bonds. The van der Waals surface area contributed by atoms with Crippen LogP contribution in [0.3, 0.4) is 0 Å². The third-order valence-corrected chi connectivity index (χ3v) is 7.93. The Morgan fingerprint density at radius 3 is 2.41 bits per heavy atom. The fraction of sp³-hybridized carbons (Fsp3) is 0.250. The van der Waals surface area contributed by atoms with Crippen LogP contribution in [0.2, 0.25) is 0 Å². The largest absolute Gasteiger partial charge is 0.455 e. The highest BCUT2D eigenvalue weighted by Crippen LogP contribution is 2.41. The fourth-order valence-corrected chi connectivity index (χ4v) is 5.83. The molecule has 1 atom stereocenters. The van der Waals surface area contributed by atoms with Crippen LogP contribution in [0.15, 0.2) is 63.4 Å². The lowest BCUT2D eigenvalue weighted by Crippen LogP contribution is -2.39. The van der Waals surface area contributed by atoms with Gasteiger partial charge in [-0.05, 0) is 73.9 Å². The molecule has 0 saturated carbocycles. The predicted octanol–water partition coefficient (Wildman–Crippen LogP) is 6.85. The second-order valence-corrected chi connectivity index (χ2v) is 10.4. The Hall–Kier alpha value is -4.66. The van der Waals surface area contributed by atoms with Crippen molar-refractivity contribution in [2.45, 2.75) is 25.7 Å². The summed E-state index contributed by atoms with van der Waals surface area (Å²) >= 11 is 0. The molecule has 3 heterocycles. The molecule has 5 aromatic rings. The van der Waals surface area contributed by atoms with E-state index in [1.807, 2.05) is 19.2 Å². The molecule has 2 N–H and O–H groups in total. The molecule has 41 heavy (non-hydrogen) atoms. The number of carbonyl (C=O) groups excluding carboxylic acids is 2. The summed E-state index contributed by atoms with van der Waals surface area (Å²) in [5.41, 5.74) is 4.35. The van der Waals surface area contributed by atoms with Crippen molar-refractivity contribution < 1.29 is 27.2 Å². The number of anilines is 1. The number of nitrogens with one attached hydrogen (secondary N) is 2. The number of amides is 2. The summed E-state index contributed by atoms with van der Waals surface area (Å²) in [6.45, 7) is 2.79. The summed E-state index contributed by atoms with van der Waals surface area (Å²) in [5, 5.41) is 7.16. The minimum absolute atomic E-state index is 0.0246. The van der Waals surface area contributed by atoms with Gasteiger partial charge in [0.25, 0.3) is 11.8 Å². The molecular weight excluding hydrogens is 528 g/mol. The number of likely N-dealkylation sites (tertiary alicyclic amines) is 1. The lowest BCUT2D eigenvalue weighted by molar-refractivity contribution is 0.0676. The van der Waals surface area contributed by atoms with Gasteiger partial charge in [0.2, 0.25) is 0 Å². The molecule has 0 aliphatic carbocycles. The zero-order valence-corrected chi connectivity index (χ0v) is 22.9. The van der Waals surface area contributed by atoms with Crippen LogP contribution in [-0.4, -0.2) is 43.9 Å². The van der Waals surface area contributed by atoms with Crippen LogP contribution in [-0.2, 0) is 0 Å². The summed E-state index contributed by atoms with van der Waals surface area (Å²) in [4.78, 5) is 28.5. The number of fused-ring (bicyclic) bond motifs is 2. The number of hydrogen-bond donors (Lipinski definition) is 2. The molecule has 0 spiro atoms. The molecule has 1 aliphatic rings. The normalized spacial score (nSPS) is 15.4. The Morgan fingerprint density at radius 2 is 1.68 bits per heavy atom. The first-order valence-electron chi connectivity index (χ1n) is 13.5. The zero-order valence-electron chi connectivity index (χ0n) is 22.9. The molecule has 0 bridgehead atoms. The smallest absolute Gasteiger partial charge is 0.289 e. The molecule has 0 unspecified atom stereocenters. The van der Waals surface area contributed by atoms with E-state index in [1.54, 1.807) is 31.0 Å². The van der Waals surface area contributed by atoms with Gasteiger partial charge in [-0.2, -0.15) is 0 Å². The average Bonchev–Trinajstić information content (AvgIpc) is 3.53. The van der Waals surface area contributed by atoms with Crippen LogP contribution in [0.25, 0.3) is 33.3 Å². The molecule has 6 rings (SSSR count). The van der Waals surface area contributed by atoms with E-state index in [9.17, 15) is 18.4 Å². The molecular formula is C32H29F2N3O4. The minimum atomic E-state index is -0.383. The maximum Gasteiger partial charge on any atom is 0.289 e. The fourth-order valence-electron chi connectivity index (χ4n) is 5.83. The van der Waals surface area contributed by atoms with E-state index < -0.39 is 0 Å². The van der Waals surface area contributed by atoms with Crippen molar-refractivity contribution in [1.82, 2.24) is 10.2 Å². The highest BCUT2D eigenvalue weighted by atomic mass is 19.1. The Kier molecular flexibility index (Phi) is 6.73. The number of aryl methyl sites for hydroxylation is 1. The second kappa shape index (κ2) is 10.4. The first-order chi connectivity index (χ1) is 19.8. The van der Waals surface area contributed by atoms with E-state index in [0.717, 1.165) is 24.1 Å². The van der Waals surface area contributed by atoms with Crippen LogP contribution in [0, 0.1) is 18.6 Å². The number of carbonyl (C=O) groups is 2. The summed E-state index contributed by atoms with van der Waals surface area (Å²) < 4.78 is 39.5. The van der Waals surface area contributed by atoms with Crippen molar-refractivity contribution in [3.8, 4) is 11.3 Å². The lowest BCUT2D eigenvalue weighted by atomic mass is 9.88. The van der Waals surface area contributed by atoms with Gasteiger partial charge in [0, 0.05) is 66.8 Å². The van der Waals surface area contributed by atoms with Crippen molar-refractivity contribution in [2.75, 3.05) is 32.5 Å². The average molecular weight is 558 g/mol. The minimum Gasteiger partial charge on any atom is -0.455 e. The maximum atomic E-state index is 13.8. The van der Waals surface area contributed by atoms with E-state index in [1.165, 1.54) is 30.3 Å². The van der Waals surface area contributed by atoms with E-state index >= 15 is 0 Å². The monoisotopic (exact) mass is 557 g/mol. The lowest BCUT2D eigenvalue weighted by Gasteiger charge is -2.33. The van der Waals surface area contributed by atoms with Gasteiger partial charge in [-0.25, -0.2) is 8.78 Å². The van der Waals surface area contributed by atoms with Crippen molar-refractivity contribution in [3.05, 3.63) is 88.7 Å². The Morgan fingerprint density at radius 1 is 0.927 bits per heavy atom. The molecule has 7 nitrogen and oxygen atoms in total. The summed E-state index contributed by atoms with van der Waals surface area (Å²) in [7, 11) is 3.37. The van der Waals surface area contributed by atoms with Gasteiger partial charge < -0.3 is 24.4 Å². The Balaban J connectivity index is 1.39. The second-order valence-electron chi connectivity index (χ2n) is 10.4. The number of piperidine rings is 1. The highest BCUT2D eigenvalue weighted by molar-refractivity contribution is 6.11. The van der Waals surface area contributed by atoms with Crippen LogP contribution in [0.1, 0.15) is 50.8 Å². The van der Waals surface area contributed by atoms with Crippen LogP contribution in [0.5, 0.6) is 0 Å². The standard InChI is InChI=1S/C32H29F2N3O4/c1-17-22-13-21(34)10-11-26(22)40-29(17)32(39)37-12-4-5-19(16-37)23-14-24-27(15-25(23)35-2)41-30(28(24)31(38)36-3)18-6-8-20(33)9-7-18/h6-11,13-15,19,35H,4-5,12,16H2,1-3H3,(H,36,38)/t19-/m1/s1. The quantitative estimate of drug-likeness (QED) is 0.247. The summed E-state index contributed by atoms with van der Waals surface area (Å²) in [6, 6.07) is 13.9. The van der Waals surface area contributed by atoms with Gasteiger partial charge >= 0.3 is 0 Å². The van der Waals surface area contributed by atoms with E-state index in [-0.39, 0.29) is 35.1 Å². The topological polar surface area (TPSA) is 87.7 Å². The maximum absolute atomic E-state index is 13.8. The zero-order chi connectivity index (χ0) is 28.8. The summed E-state index contributed by atoms with van der Waals surface area (Å²) in [5.74, 6) is -0.762. The number of benzene rings is 3. The number of furan rings is 2. The summed E-state index contributed by atoms with van der Waals surface area (Å²) in [6.07, 6.45) is 1.62. The van der Waals surface area contributed by atoms with Gasteiger partial charge in [-0.3, -0.25) is 9.59 Å². The van der Waals surface area contributed by atoms with Gasteiger partial charge in [-0.1, -0.05) is 0 Å². The third-order valence-electron chi connectivity index (χ3n) is 7.93. The van der Waals surface area contributed by atoms with Crippen LogP contribution < -0.4 is 10.6 Å². The molecule has 9 heteroatoms. The van der Waals surface area contributed by atoms with Gasteiger partial charge in [0.05, 0.1) is 5.56 Å². The third kappa shape index (κ3) is 4.61. The molecule has 1 aliphatic heterocycles. The number of halogens is 2. The number of nitrogens with zero attached hydrogens (tertiary/aromatic N) is 1.